The summed E-state index contributed by atoms with van der Waals surface area (Å²) in [6.07, 6.45) is 3.99. The predicted molar refractivity (Wildman–Crippen MR) is 95.6 cm³/mol. The maximum Gasteiger partial charge on any atom is 0.234 e. The molecule has 5 nitrogen and oxygen atoms in total. The SMILES string of the molecule is O=C(CN1C[C@H]2C[C@H](C1)[C@H]1CCCC(=O)N1C2)NCc1ccc(F)cc1. The minimum atomic E-state index is -0.268. The standard InChI is InChI=1S/C20H26FN3O2/c21-17-6-4-14(5-7-17)9-22-19(25)13-23-10-15-8-16(12-23)18-2-1-3-20(26)24(18)11-15/h4-7,15-16,18H,1-3,8-13H2,(H,22,25)/t15-,16-,18-/m1/s1. The summed E-state index contributed by atoms with van der Waals surface area (Å²) in [6, 6.07) is 6.57. The third kappa shape index (κ3) is 3.75. The van der Waals surface area contributed by atoms with Crippen LogP contribution in [0.4, 0.5) is 4.39 Å². The molecule has 1 aromatic carbocycles. The van der Waals surface area contributed by atoms with Gasteiger partial charge in [-0.3, -0.25) is 14.5 Å². The van der Waals surface area contributed by atoms with Crippen molar-refractivity contribution in [3.05, 3.63) is 35.6 Å². The summed E-state index contributed by atoms with van der Waals surface area (Å²) in [5.74, 6) is 1.04. The van der Waals surface area contributed by atoms with Crippen molar-refractivity contribution in [3.63, 3.8) is 0 Å². The van der Waals surface area contributed by atoms with E-state index in [0.717, 1.165) is 38.0 Å². The number of hydrogen-bond acceptors (Lipinski definition) is 3. The lowest BCUT2D eigenvalue weighted by Gasteiger charge is -2.52. The molecule has 3 atom stereocenters. The van der Waals surface area contributed by atoms with Crippen molar-refractivity contribution in [2.75, 3.05) is 26.2 Å². The fourth-order valence-corrected chi connectivity index (χ4v) is 4.90. The number of amides is 2. The van der Waals surface area contributed by atoms with Crippen molar-refractivity contribution in [2.45, 2.75) is 38.3 Å². The normalized spacial score (nSPS) is 28.6. The number of benzene rings is 1. The largest absolute Gasteiger partial charge is 0.351 e. The Hall–Kier alpha value is -1.95. The Bertz CT molecular complexity index is 678. The first-order valence-corrected chi connectivity index (χ1v) is 9.61. The number of carbonyl (C=O) groups is 2. The molecule has 3 fully saturated rings. The molecule has 1 N–H and O–H groups in total. The molecule has 3 saturated heterocycles. The van der Waals surface area contributed by atoms with Gasteiger partial charge in [0, 0.05) is 38.6 Å². The van der Waals surface area contributed by atoms with E-state index in [0.29, 0.717) is 43.3 Å². The molecular formula is C20H26FN3O2. The maximum absolute atomic E-state index is 12.9. The Morgan fingerprint density at radius 1 is 1.19 bits per heavy atom. The Balaban J connectivity index is 1.30. The first-order valence-electron chi connectivity index (χ1n) is 9.61. The second-order valence-electron chi connectivity index (χ2n) is 7.96. The average molecular weight is 359 g/mol. The van der Waals surface area contributed by atoms with Crippen LogP contribution in [0.5, 0.6) is 0 Å². The first-order chi connectivity index (χ1) is 12.6. The lowest BCUT2D eigenvalue weighted by atomic mass is 9.76. The lowest BCUT2D eigenvalue weighted by Crippen LogP contribution is -2.61. The fraction of sp³-hybridized carbons (Fsp3) is 0.600. The van der Waals surface area contributed by atoms with E-state index in [1.165, 1.54) is 18.6 Å². The van der Waals surface area contributed by atoms with Gasteiger partial charge in [0.25, 0.3) is 0 Å². The zero-order chi connectivity index (χ0) is 18.1. The third-order valence-electron chi connectivity index (χ3n) is 6.03. The van der Waals surface area contributed by atoms with Gasteiger partial charge in [0.15, 0.2) is 0 Å². The van der Waals surface area contributed by atoms with Crippen molar-refractivity contribution < 1.29 is 14.0 Å². The highest BCUT2D eigenvalue weighted by molar-refractivity contribution is 5.78. The second kappa shape index (κ2) is 7.35. The van der Waals surface area contributed by atoms with Crippen LogP contribution in [0.25, 0.3) is 0 Å². The molecule has 6 heteroatoms. The topological polar surface area (TPSA) is 52.7 Å². The van der Waals surface area contributed by atoms with E-state index < -0.39 is 0 Å². The zero-order valence-electron chi connectivity index (χ0n) is 15.0. The summed E-state index contributed by atoms with van der Waals surface area (Å²) < 4.78 is 12.9. The van der Waals surface area contributed by atoms with Gasteiger partial charge >= 0.3 is 0 Å². The Labute approximate surface area is 153 Å². The quantitative estimate of drug-likeness (QED) is 0.892. The molecule has 0 aromatic heterocycles. The summed E-state index contributed by atoms with van der Waals surface area (Å²) in [5.41, 5.74) is 0.895. The predicted octanol–water partition coefficient (Wildman–Crippen LogP) is 1.77. The molecule has 2 amide bonds. The third-order valence-corrected chi connectivity index (χ3v) is 6.03. The molecule has 1 aromatic rings. The summed E-state index contributed by atoms with van der Waals surface area (Å²) >= 11 is 0. The summed E-state index contributed by atoms with van der Waals surface area (Å²) in [7, 11) is 0. The van der Waals surface area contributed by atoms with E-state index in [4.69, 9.17) is 0 Å². The molecule has 0 aliphatic carbocycles. The Morgan fingerprint density at radius 3 is 2.81 bits per heavy atom. The molecule has 2 bridgehead atoms. The van der Waals surface area contributed by atoms with E-state index in [1.807, 2.05) is 0 Å². The van der Waals surface area contributed by atoms with Crippen molar-refractivity contribution >= 4 is 11.8 Å². The van der Waals surface area contributed by atoms with Gasteiger partial charge in [-0.05, 0) is 48.8 Å². The second-order valence-corrected chi connectivity index (χ2v) is 7.96. The molecule has 0 radical (unpaired) electrons. The monoisotopic (exact) mass is 359 g/mol. The molecule has 0 spiro atoms. The van der Waals surface area contributed by atoms with E-state index >= 15 is 0 Å². The number of nitrogens with one attached hydrogen (secondary N) is 1. The van der Waals surface area contributed by atoms with E-state index in [-0.39, 0.29) is 11.7 Å². The number of carbonyl (C=O) groups excluding carboxylic acids is 2. The van der Waals surface area contributed by atoms with Crippen LogP contribution in [-0.4, -0.2) is 53.8 Å². The highest BCUT2D eigenvalue weighted by atomic mass is 19.1. The van der Waals surface area contributed by atoms with Gasteiger partial charge in [-0.2, -0.15) is 0 Å². The Kier molecular flexibility index (Phi) is 4.94. The van der Waals surface area contributed by atoms with Gasteiger partial charge in [0.1, 0.15) is 5.82 Å². The van der Waals surface area contributed by atoms with Crippen LogP contribution in [0.1, 0.15) is 31.2 Å². The molecule has 4 rings (SSSR count). The van der Waals surface area contributed by atoms with Gasteiger partial charge in [-0.15, -0.1) is 0 Å². The van der Waals surface area contributed by atoms with Crippen molar-refractivity contribution in [1.82, 2.24) is 15.1 Å². The number of rotatable bonds is 4. The van der Waals surface area contributed by atoms with Gasteiger partial charge in [-0.1, -0.05) is 12.1 Å². The van der Waals surface area contributed by atoms with Crippen LogP contribution >= 0.6 is 0 Å². The van der Waals surface area contributed by atoms with Crippen molar-refractivity contribution in [1.29, 1.82) is 0 Å². The number of nitrogens with zero attached hydrogens (tertiary/aromatic N) is 2. The van der Waals surface area contributed by atoms with Crippen LogP contribution in [-0.2, 0) is 16.1 Å². The van der Waals surface area contributed by atoms with Gasteiger partial charge in [-0.25, -0.2) is 4.39 Å². The summed E-state index contributed by atoms with van der Waals surface area (Å²) in [5, 5.41) is 2.93. The fourth-order valence-electron chi connectivity index (χ4n) is 4.90. The number of fused-ring (bicyclic) bond motifs is 4. The summed E-state index contributed by atoms with van der Waals surface area (Å²) in [6.45, 7) is 3.46. The van der Waals surface area contributed by atoms with E-state index in [2.05, 4.69) is 15.1 Å². The smallest absolute Gasteiger partial charge is 0.234 e. The Morgan fingerprint density at radius 2 is 2.00 bits per heavy atom. The highest BCUT2D eigenvalue weighted by Crippen LogP contribution is 2.37. The number of piperidine rings is 3. The molecular weight excluding hydrogens is 333 g/mol. The first kappa shape index (κ1) is 17.5. The van der Waals surface area contributed by atoms with Crippen LogP contribution in [0.3, 0.4) is 0 Å². The number of halogens is 1. The van der Waals surface area contributed by atoms with Gasteiger partial charge in [0.2, 0.25) is 11.8 Å². The van der Waals surface area contributed by atoms with Crippen LogP contribution in [0.15, 0.2) is 24.3 Å². The number of likely N-dealkylation sites (tertiary alicyclic amines) is 1. The molecule has 26 heavy (non-hydrogen) atoms. The van der Waals surface area contributed by atoms with Crippen LogP contribution in [0.2, 0.25) is 0 Å². The molecule has 3 aliphatic heterocycles. The molecule has 3 heterocycles. The molecule has 140 valence electrons. The average Bonchev–Trinajstić information content (AvgIpc) is 2.62. The number of hydrogen-bond donors (Lipinski definition) is 1. The summed E-state index contributed by atoms with van der Waals surface area (Å²) in [4.78, 5) is 28.9. The maximum atomic E-state index is 12.9. The van der Waals surface area contributed by atoms with Crippen molar-refractivity contribution in [3.8, 4) is 0 Å². The zero-order valence-corrected chi connectivity index (χ0v) is 15.0. The van der Waals surface area contributed by atoms with E-state index in [9.17, 15) is 14.0 Å². The minimum absolute atomic E-state index is 0.00544. The van der Waals surface area contributed by atoms with Gasteiger partial charge < -0.3 is 10.2 Å². The van der Waals surface area contributed by atoms with Crippen LogP contribution < -0.4 is 5.32 Å². The molecule has 0 unspecified atom stereocenters. The highest BCUT2D eigenvalue weighted by Gasteiger charge is 2.43. The molecule has 3 aliphatic rings. The van der Waals surface area contributed by atoms with Gasteiger partial charge in [0.05, 0.1) is 6.54 Å². The van der Waals surface area contributed by atoms with Crippen molar-refractivity contribution in [2.24, 2.45) is 11.8 Å². The minimum Gasteiger partial charge on any atom is -0.351 e. The van der Waals surface area contributed by atoms with E-state index in [1.54, 1.807) is 12.1 Å². The van der Waals surface area contributed by atoms with Crippen LogP contribution in [0, 0.1) is 17.7 Å². The molecule has 0 saturated carbocycles. The lowest BCUT2D eigenvalue weighted by molar-refractivity contribution is -0.145.